The number of para-hydroxylation sites is 1. The normalized spacial score (nSPS) is 11.3. The van der Waals surface area contributed by atoms with Crippen LogP contribution in [0.15, 0.2) is 50.2 Å². The molecule has 0 amide bonds. The molecule has 20 heavy (non-hydrogen) atoms. The van der Waals surface area contributed by atoms with Crippen LogP contribution in [0.5, 0.6) is 0 Å². The van der Waals surface area contributed by atoms with Crippen LogP contribution in [0.1, 0.15) is 5.56 Å². The Morgan fingerprint density at radius 1 is 1.10 bits per heavy atom. The van der Waals surface area contributed by atoms with Gasteiger partial charge in [-0.1, -0.05) is 6.07 Å². The Morgan fingerprint density at radius 2 is 1.70 bits per heavy atom. The van der Waals surface area contributed by atoms with Crippen molar-refractivity contribution in [2.45, 2.75) is 11.8 Å². The second kappa shape index (κ2) is 5.75. The van der Waals surface area contributed by atoms with Crippen molar-refractivity contribution < 1.29 is 8.42 Å². The molecule has 0 fully saturated rings. The Hall–Kier alpha value is -1.05. The highest BCUT2D eigenvalue weighted by atomic mass is 79.9. The molecule has 0 unspecified atom stereocenters. The maximum atomic E-state index is 12.4. The topological polar surface area (TPSA) is 72.2 Å². The Bertz CT molecular complexity index is 720. The summed E-state index contributed by atoms with van der Waals surface area (Å²) in [6, 6.07) is 10.0. The van der Waals surface area contributed by atoms with Crippen LogP contribution < -0.4 is 10.5 Å². The number of hydrogen-bond donors (Lipinski definition) is 2. The van der Waals surface area contributed by atoms with Crippen LogP contribution in [0.25, 0.3) is 0 Å². The second-order valence-electron chi connectivity index (χ2n) is 4.28. The monoisotopic (exact) mass is 418 g/mol. The summed E-state index contributed by atoms with van der Waals surface area (Å²) in [7, 11) is -3.69. The van der Waals surface area contributed by atoms with Crippen molar-refractivity contribution in [3.63, 3.8) is 0 Å². The van der Waals surface area contributed by atoms with E-state index in [-0.39, 0.29) is 4.90 Å². The van der Waals surface area contributed by atoms with Crippen molar-refractivity contribution in [2.75, 3.05) is 10.5 Å². The van der Waals surface area contributed by atoms with Gasteiger partial charge < -0.3 is 5.73 Å². The number of sulfonamides is 1. The minimum absolute atomic E-state index is 0.137. The van der Waals surface area contributed by atoms with E-state index in [4.69, 9.17) is 5.73 Å². The molecule has 0 aromatic heterocycles. The summed E-state index contributed by atoms with van der Waals surface area (Å²) in [5, 5.41) is 0. The highest BCUT2D eigenvalue weighted by molar-refractivity contribution is 9.11. The number of nitrogen functional groups attached to an aromatic ring is 1. The first-order valence-electron chi connectivity index (χ1n) is 5.63. The molecule has 0 spiro atoms. The molecule has 3 N–H and O–H groups in total. The van der Waals surface area contributed by atoms with Gasteiger partial charge in [0.05, 0.1) is 10.6 Å². The summed E-state index contributed by atoms with van der Waals surface area (Å²) in [5.74, 6) is 0. The second-order valence-corrected chi connectivity index (χ2v) is 7.67. The van der Waals surface area contributed by atoms with Gasteiger partial charge in [-0.2, -0.15) is 0 Å². The predicted molar refractivity (Wildman–Crippen MR) is 88.2 cm³/mol. The highest BCUT2D eigenvalue weighted by Crippen LogP contribution is 2.32. The molecule has 0 aliphatic rings. The Morgan fingerprint density at radius 3 is 2.25 bits per heavy atom. The molecule has 2 aromatic carbocycles. The molecule has 4 nitrogen and oxygen atoms in total. The van der Waals surface area contributed by atoms with E-state index in [1.54, 1.807) is 37.3 Å². The van der Waals surface area contributed by atoms with Gasteiger partial charge in [-0.15, -0.1) is 0 Å². The van der Waals surface area contributed by atoms with Crippen molar-refractivity contribution in [3.05, 3.63) is 50.9 Å². The molecule has 0 saturated heterocycles. The molecule has 0 aliphatic heterocycles. The van der Waals surface area contributed by atoms with Gasteiger partial charge in [0.25, 0.3) is 10.0 Å². The molecule has 7 heteroatoms. The van der Waals surface area contributed by atoms with Gasteiger partial charge in [0.15, 0.2) is 0 Å². The minimum atomic E-state index is -3.69. The summed E-state index contributed by atoms with van der Waals surface area (Å²) in [5.41, 5.74) is 7.35. The van der Waals surface area contributed by atoms with Gasteiger partial charge in [-0.05, 0) is 74.7 Å². The van der Waals surface area contributed by atoms with Gasteiger partial charge in [0.1, 0.15) is 0 Å². The number of rotatable bonds is 3. The van der Waals surface area contributed by atoms with Crippen molar-refractivity contribution in [1.82, 2.24) is 0 Å². The number of benzene rings is 2. The zero-order valence-corrected chi connectivity index (χ0v) is 14.5. The summed E-state index contributed by atoms with van der Waals surface area (Å²) < 4.78 is 28.7. The predicted octanol–water partition coefficient (Wildman–Crippen LogP) is 3.90. The Balaban J connectivity index is 2.46. The van der Waals surface area contributed by atoms with Crippen LogP contribution in [0.3, 0.4) is 0 Å². The molecule has 106 valence electrons. The van der Waals surface area contributed by atoms with Crippen LogP contribution in [0.4, 0.5) is 11.4 Å². The SMILES string of the molecule is Cc1cc(N)cc(S(=O)(=O)Nc2c(Br)cccc2Br)c1. The number of nitrogens with two attached hydrogens (primary N) is 1. The summed E-state index contributed by atoms with van der Waals surface area (Å²) >= 11 is 6.64. The van der Waals surface area contributed by atoms with Crippen molar-refractivity contribution in [2.24, 2.45) is 0 Å². The molecular formula is C13H12Br2N2O2S. The number of nitrogens with one attached hydrogen (secondary N) is 1. The fraction of sp³-hybridized carbons (Fsp3) is 0.0769. The van der Waals surface area contributed by atoms with E-state index in [1.165, 1.54) is 6.07 Å². The molecule has 2 aromatic rings. The molecule has 0 aliphatic carbocycles. The minimum Gasteiger partial charge on any atom is -0.399 e. The fourth-order valence-electron chi connectivity index (χ4n) is 1.72. The quantitative estimate of drug-likeness (QED) is 0.741. The lowest BCUT2D eigenvalue weighted by Gasteiger charge is -2.12. The third-order valence-corrected chi connectivity index (χ3v) is 5.23. The maximum absolute atomic E-state index is 12.4. The lowest BCUT2D eigenvalue weighted by Crippen LogP contribution is -2.14. The van der Waals surface area contributed by atoms with Gasteiger partial charge in [0, 0.05) is 14.6 Å². The van der Waals surface area contributed by atoms with Gasteiger partial charge in [-0.3, -0.25) is 4.72 Å². The summed E-state index contributed by atoms with van der Waals surface area (Å²) in [4.78, 5) is 0.137. The Labute approximate surface area is 134 Å². The Kier molecular flexibility index (Phi) is 4.41. The highest BCUT2D eigenvalue weighted by Gasteiger charge is 2.18. The van der Waals surface area contributed by atoms with E-state index in [0.717, 1.165) is 5.56 Å². The average molecular weight is 420 g/mol. The number of halogens is 2. The third-order valence-electron chi connectivity index (χ3n) is 2.58. The molecular weight excluding hydrogens is 408 g/mol. The van der Waals surface area contributed by atoms with Crippen LogP contribution in [0, 0.1) is 6.92 Å². The maximum Gasteiger partial charge on any atom is 0.262 e. The first-order chi connectivity index (χ1) is 9.29. The number of aryl methyl sites for hydroxylation is 1. The van der Waals surface area contributed by atoms with Gasteiger partial charge in [-0.25, -0.2) is 8.42 Å². The number of anilines is 2. The molecule has 0 radical (unpaired) electrons. The average Bonchev–Trinajstić information content (AvgIpc) is 2.33. The van der Waals surface area contributed by atoms with E-state index in [9.17, 15) is 8.42 Å². The number of hydrogen-bond acceptors (Lipinski definition) is 3. The van der Waals surface area contributed by atoms with Crippen molar-refractivity contribution >= 4 is 53.3 Å². The molecule has 0 heterocycles. The smallest absolute Gasteiger partial charge is 0.262 e. The van der Waals surface area contributed by atoms with E-state index in [0.29, 0.717) is 20.3 Å². The largest absolute Gasteiger partial charge is 0.399 e. The van der Waals surface area contributed by atoms with Gasteiger partial charge >= 0.3 is 0 Å². The first-order valence-corrected chi connectivity index (χ1v) is 8.70. The lowest BCUT2D eigenvalue weighted by molar-refractivity contribution is 0.601. The summed E-state index contributed by atoms with van der Waals surface area (Å²) in [6.07, 6.45) is 0. The fourth-order valence-corrected chi connectivity index (χ4v) is 4.42. The van der Waals surface area contributed by atoms with Crippen LogP contribution in [0.2, 0.25) is 0 Å². The third kappa shape index (κ3) is 3.34. The molecule has 0 atom stereocenters. The first kappa shape index (κ1) is 15.3. The van der Waals surface area contributed by atoms with E-state index in [2.05, 4.69) is 36.6 Å². The van der Waals surface area contributed by atoms with E-state index < -0.39 is 10.0 Å². The van der Waals surface area contributed by atoms with Crippen LogP contribution in [-0.2, 0) is 10.0 Å². The molecule has 2 rings (SSSR count). The molecule has 0 saturated carbocycles. The summed E-state index contributed by atoms with van der Waals surface area (Å²) in [6.45, 7) is 1.80. The van der Waals surface area contributed by atoms with Crippen molar-refractivity contribution in [1.29, 1.82) is 0 Å². The van der Waals surface area contributed by atoms with E-state index in [1.807, 2.05) is 0 Å². The van der Waals surface area contributed by atoms with Crippen LogP contribution in [-0.4, -0.2) is 8.42 Å². The van der Waals surface area contributed by atoms with E-state index >= 15 is 0 Å². The van der Waals surface area contributed by atoms with Gasteiger partial charge in [0.2, 0.25) is 0 Å². The molecule has 0 bridgehead atoms. The standard InChI is InChI=1S/C13H12Br2N2O2S/c1-8-5-9(16)7-10(6-8)20(18,19)17-13-11(14)3-2-4-12(13)15/h2-7,17H,16H2,1H3. The zero-order valence-electron chi connectivity index (χ0n) is 10.5. The zero-order chi connectivity index (χ0) is 14.9. The lowest BCUT2D eigenvalue weighted by atomic mass is 10.2. The van der Waals surface area contributed by atoms with Crippen molar-refractivity contribution in [3.8, 4) is 0 Å². The van der Waals surface area contributed by atoms with Crippen LogP contribution >= 0.6 is 31.9 Å².